The standard InChI is InChI=1S/C16H30N4O2.C10H22N4/c1-4-6-10-19(11-7-5-2)12-13-20-14-15(17-18-20)8-9-16(21)22-3;1-3-5-8-14(9-6-4-2)10-7-12-13-11/h14H,4-13H2,1-3H3;3-10H2,1-2H3. The van der Waals surface area contributed by atoms with E-state index >= 15 is 0 Å². The van der Waals surface area contributed by atoms with Crippen molar-refractivity contribution in [1.29, 1.82) is 0 Å². The molecule has 36 heavy (non-hydrogen) atoms. The van der Waals surface area contributed by atoms with Crippen LogP contribution in [0.1, 0.15) is 91.2 Å². The van der Waals surface area contributed by atoms with Gasteiger partial charge in [0.1, 0.15) is 0 Å². The summed E-state index contributed by atoms with van der Waals surface area (Å²) in [5, 5.41) is 11.8. The number of unbranched alkanes of at least 4 members (excludes halogenated alkanes) is 4. The summed E-state index contributed by atoms with van der Waals surface area (Å²) in [4.78, 5) is 18.8. The zero-order chi connectivity index (χ0) is 26.9. The van der Waals surface area contributed by atoms with Crippen LogP contribution in [0.15, 0.2) is 11.3 Å². The minimum absolute atomic E-state index is 0.208. The number of aromatic nitrogens is 3. The molecule has 1 aromatic heterocycles. The van der Waals surface area contributed by atoms with E-state index < -0.39 is 0 Å². The maximum Gasteiger partial charge on any atom is 0.305 e. The SMILES string of the molecule is CCCCN(CCCC)CCN=[N+]=[N-].CCCCN(CCCC)CCn1cc(CCC(=O)OC)nn1. The Kier molecular flexibility index (Phi) is 23.1. The van der Waals surface area contributed by atoms with Crippen LogP contribution in [0.25, 0.3) is 10.4 Å². The average Bonchev–Trinajstić information content (AvgIpc) is 3.36. The molecule has 0 N–H and O–H groups in total. The van der Waals surface area contributed by atoms with Gasteiger partial charge in [-0.2, -0.15) is 0 Å². The van der Waals surface area contributed by atoms with Crippen molar-refractivity contribution in [3.63, 3.8) is 0 Å². The van der Waals surface area contributed by atoms with Crippen molar-refractivity contribution in [1.82, 2.24) is 24.8 Å². The summed E-state index contributed by atoms with van der Waals surface area (Å²) in [6.45, 7) is 16.8. The van der Waals surface area contributed by atoms with E-state index in [4.69, 9.17) is 5.53 Å². The first kappa shape index (κ1) is 33.8. The molecule has 0 radical (unpaired) electrons. The van der Waals surface area contributed by atoms with Gasteiger partial charge in [-0.1, -0.05) is 63.7 Å². The van der Waals surface area contributed by atoms with Crippen LogP contribution in [0.5, 0.6) is 0 Å². The molecule has 0 aliphatic carbocycles. The highest BCUT2D eigenvalue weighted by Gasteiger charge is 2.08. The quantitative estimate of drug-likeness (QED) is 0.0940. The number of methoxy groups -OCH3 is 1. The van der Waals surface area contributed by atoms with Crippen LogP contribution in [0.4, 0.5) is 0 Å². The lowest BCUT2D eigenvalue weighted by Crippen LogP contribution is -2.29. The van der Waals surface area contributed by atoms with Crippen LogP contribution in [-0.2, 0) is 22.5 Å². The highest BCUT2D eigenvalue weighted by Crippen LogP contribution is 2.03. The van der Waals surface area contributed by atoms with Gasteiger partial charge >= 0.3 is 5.97 Å². The molecule has 1 rings (SSSR count). The van der Waals surface area contributed by atoms with Crippen molar-refractivity contribution in [2.24, 2.45) is 5.11 Å². The molecule has 208 valence electrons. The van der Waals surface area contributed by atoms with Gasteiger partial charge < -0.3 is 14.5 Å². The maximum absolute atomic E-state index is 11.1. The Labute approximate surface area is 219 Å². The van der Waals surface area contributed by atoms with Crippen LogP contribution in [0.3, 0.4) is 0 Å². The van der Waals surface area contributed by atoms with Crippen molar-refractivity contribution >= 4 is 5.97 Å². The second-order valence-electron chi connectivity index (χ2n) is 9.10. The Morgan fingerprint density at radius 2 is 1.47 bits per heavy atom. The van der Waals surface area contributed by atoms with Gasteiger partial charge in [-0.15, -0.1) is 5.10 Å². The van der Waals surface area contributed by atoms with Crippen LogP contribution >= 0.6 is 0 Å². The lowest BCUT2D eigenvalue weighted by Gasteiger charge is -2.21. The Hall–Kier alpha value is -2.16. The van der Waals surface area contributed by atoms with Gasteiger partial charge in [0.15, 0.2) is 0 Å². The molecule has 0 saturated carbocycles. The molecule has 1 aromatic rings. The summed E-state index contributed by atoms with van der Waals surface area (Å²) < 4.78 is 6.50. The Morgan fingerprint density at radius 1 is 0.944 bits per heavy atom. The summed E-state index contributed by atoms with van der Waals surface area (Å²) in [6.07, 6.45) is 12.7. The molecule has 0 atom stereocenters. The number of azide groups is 1. The highest BCUT2D eigenvalue weighted by molar-refractivity contribution is 5.69. The first-order valence-electron chi connectivity index (χ1n) is 14.0. The minimum atomic E-state index is -0.208. The smallest absolute Gasteiger partial charge is 0.305 e. The van der Waals surface area contributed by atoms with Gasteiger partial charge in [-0.05, 0) is 57.4 Å². The van der Waals surface area contributed by atoms with E-state index in [1.54, 1.807) is 0 Å². The van der Waals surface area contributed by atoms with Gasteiger partial charge in [0.25, 0.3) is 0 Å². The van der Waals surface area contributed by atoms with Gasteiger partial charge in [0, 0.05) is 37.2 Å². The van der Waals surface area contributed by atoms with Crippen molar-refractivity contribution in [3.05, 3.63) is 22.3 Å². The Balaban J connectivity index is 0.000000757. The van der Waals surface area contributed by atoms with Crippen molar-refractivity contribution in [2.75, 3.05) is 52.9 Å². The molecule has 0 unspecified atom stereocenters. The topological polar surface area (TPSA) is 112 Å². The minimum Gasteiger partial charge on any atom is -0.469 e. The molecule has 0 amide bonds. The van der Waals surface area contributed by atoms with E-state index in [1.165, 1.54) is 58.5 Å². The molecule has 1 heterocycles. The molecule has 0 aliphatic heterocycles. The molecule has 10 heteroatoms. The monoisotopic (exact) mass is 508 g/mol. The first-order valence-corrected chi connectivity index (χ1v) is 14.0. The molecule has 10 nitrogen and oxygen atoms in total. The van der Waals surface area contributed by atoms with Crippen LogP contribution in [0, 0.1) is 0 Å². The molecule has 0 aromatic carbocycles. The second-order valence-corrected chi connectivity index (χ2v) is 9.10. The van der Waals surface area contributed by atoms with E-state index in [0.717, 1.165) is 51.5 Å². The second kappa shape index (κ2) is 24.5. The number of esters is 1. The van der Waals surface area contributed by atoms with Gasteiger partial charge in [0.05, 0.1) is 25.8 Å². The molecule has 0 spiro atoms. The Bertz CT molecular complexity index is 675. The third kappa shape index (κ3) is 19.1. The molecule has 0 aliphatic rings. The normalized spacial score (nSPS) is 10.8. The molecule has 0 bridgehead atoms. The summed E-state index contributed by atoms with van der Waals surface area (Å²) in [6, 6.07) is 0. The number of rotatable bonds is 21. The summed E-state index contributed by atoms with van der Waals surface area (Å²) >= 11 is 0. The van der Waals surface area contributed by atoms with E-state index in [9.17, 15) is 4.79 Å². The zero-order valence-electron chi connectivity index (χ0n) is 23.7. The van der Waals surface area contributed by atoms with Crippen LogP contribution in [0.2, 0.25) is 0 Å². The van der Waals surface area contributed by atoms with E-state index in [2.05, 4.69) is 62.6 Å². The number of aryl methyl sites for hydroxylation is 1. The fourth-order valence-electron chi connectivity index (χ4n) is 3.57. The number of ether oxygens (including phenoxy) is 1. The molecule has 0 fully saturated rings. The average molecular weight is 509 g/mol. The number of carbonyl (C=O) groups excluding carboxylic acids is 1. The first-order chi connectivity index (χ1) is 17.5. The summed E-state index contributed by atoms with van der Waals surface area (Å²) in [5.74, 6) is -0.208. The fraction of sp³-hybridized carbons (Fsp3) is 0.885. The fourth-order valence-corrected chi connectivity index (χ4v) is 3.57. The predicted molar refractivity (Wildman–Crippen MR) is 147 cm³/mol. The van der Waals surface area contributed by atoms with Crippen LogP contribution in [-0.4, -0.2) is 83.7 Å². The number of nitrogens with zero attached hydrogens (tertiary/aromatic N) is 8. The van der Waals surface area contributed by atoms with Crippen molar-refractivity contribution < 1.29 is 9.53 Å². The number of hydrogen-bond acceptors (Lipinski definition) is 7. The third-order valence-corrected chi connectivity index (χ3v) is 5.94. The largest absolute Gasteiger partial charge is 0.469 e. The summed E-state index contributed by atoms with van der Waals surface area (Å²) in [7, 11) is 1.40. The van der Waals surface area contributed by atoms with E-state index in [1.807, 2.05) is 10.9 Å². The lowest BCUT2D eigenvalue weighted by molar-refractivity contribution is -0.140. The van der Waals surface area contributed by atoms with E-state index in [0.29, 0.717) is 19.4 Å². The maximum atomic E-state index is 11.1. The zero-order valence-corrected chi connectivity index (χ0v) is 23.7. The number of carbonyl (C=O) groups is 1. The molecule has 0 saturated heterocycles. The Morgan fingerprint density at radius 3 is 1.94 bits per heavy atom. The molecular weight excluding hydrogens is 456 g/mol. The van der Waals surface area contributed by atoms with Gasteiger partial charge in [-0.25, -0.2) is 0 Å². The van der Waals surface area contributed by atoms with Crippen molar-refractivity contribution in [2.45, 2.75) is 98.4 Å². The van der Waals surface area contributed by atoms with Crippen LogP contribution < -0.4 is 0 Å². The number of hydrogen-bond donors (Lipinski definition) is 0. The third-order valence-electron chi connectivity index (χ3n) is 5.94. The van der Waals surface area contributed by atoms with Gasteiger partial charge in [0.2, 0.25) is 0 Å². The lowest BCUT2D eigenvalue weighted by atomic mass is 10.2. The van der Waals surface area contributed by atoms with E-state index in [-0.39, 0.29) is 5.97 Å². The summed E-state index contributed by atoms with van der Waals surface area (Å²) in [5.41, 5.74) is 9.02. The van der Waals surface area contributed by atoms with Crippen molar-refractivity contribution in [3.8, 4) is 0 Å². The van der Waals surface area contributed by atoms with Gasteiger partial charge in [-0.3, -0.25) is 9.48 Å². The molecular formula is C26H52N8O2. The predicted octanol–water partition coefficient (Wildman–Crippen LogP) is 5.48. The highest BCUT2D eigenvalue weighted by atomic mass is 16.5.